The highest BCUT2D eigenvalue weighted by molar-refractivity contribution is 5.92. The Labute approximate surface area is 71.3 Å². The van der Waals surface area contributed by atoms with Gasteiger partial charge in [-0.3, -0.25) is 4.79 Å². The lowest BCUT2D eigenvalue weighted by atomic mass is 10.2. The Kier molecular flexibility index (Phi) is 2.38. The molecular formula is C8H12N2O2. The number of hydrogen-bond donors (Lipinski definition) is 1. The number of rotatable bonds is 2. The molecule has 0 aromatic rings. The van der Waals surface area contributed by atoms with Crippen molar-refractivity contribution in [2.24, 2.45) is 5.73 Å². The molecule has 12 heavy (non-hydrogen) atoms. The smallest absolute Gasteiger partial charge is 0.246 e. The number of nitrogens with two attached hydrogens (primary N) is 1. The van der Waals surface area contributed by atoms with Crippen LogP contribution in [-0.2, 0) is 9.53 Å². The molecule has 0 aromatic carbocycles. The van der Waals surface area contributed by atoms with Crippen molar-refractivity contribution in [3.63, 3.8) is 0 Å². The number of carbonyl (C=O) groups excluding carboxylic acids is 1. The summed E-state index contributed by atoms with van der Waals surface area (Å²) in [7, 11) is 3.43. The maximum atomic E-state index is 10.8. The van der Waals surface area contributed by atoms with E-state index in [1.807, 2.05) is 11.9 Å². The third-order valence-corrected chi connectivity index (χ3v) is 1.74. The van der Waals surface area contributed by atoms with E-state index in [1.165, 1.54) is 0 Å². The van der Waals surface area contributed by atoms with Crippen LogP contribution in [0.5, 0.6) is 0 Å². The number of amides is 1. The van der Waals surface area contributed by atoms with Gasteiger partial charge >= 0.3 is 0 Å². The van der Waals surface area contributed by atoms with Crippen molar-refractivity contribution in [2.45, 2.75) is 0 Å². The van der Waals surface area contributed by atoms with Crippen molar-refractivity contribution in [3.8, 4) is 0 Å². The summed E-state index contributed by atoms with van der Waals surface area (Å²) in [5, 5.41) is 0. The summed E-state index contributed by atoms with van der Waals surface area (Å²) in [4.78, 5) is 12.6. The topological polar surface area (TPSA) is 55.6 Å². The Morgan fingerprint density at radius 1 is 1.67 bits per heavy atom. The SMILES string of the molecule is COC1=CC=C(C(N)=O)CN1C. The van der Waals surface area contributed by atoms with Crippen molar-refractivity contribution in [2.75, 3.05) is 20.7 Å². The summed E-state index contributed by atoms with van der Waals surface area (Å²) in [5.74, 6) is 0.355. The van der Waals surface area contributed by atoms with Gasteiger partial charge in [0.2, 0.25) is 5.91 Å². The molecule has 0 atom stereocenters. The van der Waals surface area contributed by atoms with Gasteiger partial charge in [-0.2, -0.15) is 0 Å². The summed E-state index contributed by atoms with van der Waals surface area (Å²) in [5.41, 5.74) is 5.71. The zero-order valence-electron chi connectivity index (χ0n) is 7.20. The van der Waals surface area contributed by atoms with E-state index in [2.05, 4.69) is 0 Å². The van der Waals surface area contributed by atoms with E-state index in [-0.39, 0.29) is 5.91 Å². The molecule has 0 radical (unpaired) electrons. The van der Waals surface area contributed by atoms with E-state index < -0.39 is 0 Å². The fraction of sp³-hybridized carbons (Fsp3) is 0.375. The lowest BCUT2D eigenvalue weighted by molar-refractivity contribution is -0.114. The summed E-state index contributed by atoms with van der Waals surface area (Å²) in [6.07, 6.45) is 3.41. The molecule has 0 aromatic heterocycles. The highest BCUT2D eigenvalue weighted by atomic mass is 16.5. The highest BCUT2D eigenvalue weighted by Crippen LogP contribution is 2.12. The third-order valence-electron chi connectivity index (χ3n) is 1.74. The van der Waals surface area contributed by atoms with Gasteiger partial charge in [0.15, 0.2) is 5.88 Å². The number of ether oxygens (including phenoxy) is 1. The van der Waals surface area contributed by atoms with Crippen LogP contribution in [0.1, 0.15) is 0 Å². The number of allylic oxidation sites excluding steroid dienone is 2. The molecule has 2 N–H and O–H groups in total. The highest BCUT2D eigenvalue weighted by Gasteiger charge is 2.14. The van der Waals surface area contributed by atoms with Crippen molar-refractivity contribution < 1.29 is 9.53 Å². The van der Waals surface area contributed by atoms with Gasteiger partial charge in [-0.25, -0.2) is 0 Å². The van der Waals surface area contributed by atoms with E-state index >= 15 is 0 Å². The second-order valence-electron chi connectivity index (χ2n) is 2.62. The molecule has 0 fully saturated rings. The first kappa shape index (κ1) is 8.64. The first-order valence-electron chi connectivity index (χ1n) is 3.61. The Morgan fingerprint density at radius 2 is 2.33 bits per heavy atom. The Hall–Kier alpha value is -1.45. The Morgan fingerprint density at radius 3 is 2.75 bits per heavy atom. The van der Waals surface area contributed by atoms with Gasteiger partial charge in [0.25, 0.3) is 0 Å². The maximum absolute atomic E-state index is 10.8. The second-order valence-corrected chi connectivity index (χ2v) is 2.62. The Balaban J connectivity index is 2.81. The minimum absolute atomic E-state index is 0.381. The van der Waals surface area contributed by atoms with Crippen LogP contribution >= 0.6 is 0 Å². The number of primary amides is 1. The van der Waals surface area contributed by atoms with Gasteiger partial charge in [0.1, 0.15) is 0 Å². The fourth-order valence-corrected chi connectivity index (χ4v) is 1.07. The molecule has 1 aliphatic rings. The average Bonchev–Trinajstić information content (AvgIpc) is 2.04. The molecule has 1 heterocycles. The monoisotopic (exact) mass is 168 g/mol. The van der Waals surface area contributed by atoms with Crippen molar-refractivity contribution in [1.29, 1.82) is 0 Å². The van der Waals surface area contributed by atoms with E-state index in [0.717, 1.165) is 5.88 Å². The predicted octanol–water partition coefficient (Wildman–Crippen LogP) is -0.169. The molecule has 0 aliphatic carbocycles. The lowest BCUT2D eigenvalue weighted by Crippen LogP contribution is -2.29. The van der Waals surface area contributed by atoms with Crippen LogP contribution < -0.4 is 5.73 Å². The largest absolute Gasteiger partial charge is 0.482 e. The van der Waals surface area contributed by atoms with Gasteiger partial charge < -0.3 is 15.4 Å². The molecule has 0 saturated heterocycles. The van der Waals surface area contributed by atoms with Crippen molar-refractivity contribution in [1.82, 2.24) is 4.90 Å². The number of likely N-dealkylation sites (N-methyl/N-ethyl adjacent to an activating group) is 1. The zero-order valence-corrected chi connectivity index (χ0v) is 7.20. The van der Waals surface area contributed by atoms with Crippen LogP contribution in [0.3, 0.4) is 0 Å². The van der Waals surface area contributed by atoms with E-state index in [9.17, 15) is 4.79 Å². The number of carbonyl (C=O) groups is 1. The van der Waals surface area contributed by atoms with Crippen LogP contribution in [-0.4, -0.2) is 31.5 Å². The quantitative estimate of drug-likeness (QED) is 0.623. The first-order chi connectivity index (χ1) is 5.65. The van der Waals surface area contributed by atoms with Crippen LogP contribution in [0, 0.1) is 0 Å². The molecular weight excluding hydrogens is 156 g/mol. The van der Waals surface area contributed by atoms with Gasteiger partial charge in [-0.1, -0.05) is 0 Å². The molecule has 4 nitrogen and oxygen atoms in total. The summed E-state index contributed by atoms with van der Waals surface area (Å²) < 4.78 is 5.02. The molecule has 1 rings (SSSR count). The number of methoxy groups -OCH3 is 1. The standard InChI is InChI=1S/C8H12N2O2/c1-10-5-6(8(9)11)3-4-7(10)12-2/h3-4H,5H2,1-2H3,(H2,9,11). The maximum Gasteiger partial charge on any atom is 0.246 e. The molecule has 1 amide bonds. The van der Waals surface area contributed by atoms with Crippen LogP contribution in [0.15, 0.2) is 23.6 Å². The predicted molar refractivity (Wildman–Crippen MR) is 45.0 cm³/mol. The van der Waals surface area contributed by atoms with Crippen LogP contribution in [0.2, 0.25) is 0 Å². The first-order valence-corrected chi connectivity index (χ1v) is 3.61. The molecule has 0 bridgehead atoms. The van der Waals surface area contributed by atoms with Crippen LogP contribution in [0.4, 0.5) is 0 Å². The molecule has 4 heteroatoms. The van der Waals surface area contributed by atoms with Gasteiger partial charge in [-0.15, -0.1) is 0 Å². The summed E-state index contributed by atoms with van der Waals surface area (Å²) in [6, 6.07) is 0. The minimum Gasteiger partial charge on any atom is -0.482 e. The molecule has 66 valence electrons. The van der Waals surface area contributed by atoms with Crippen molar-refractivity contribution >= 4 is 5.91 Å². The van der Waals surface area contributed by atoms with E-state index in [1.54, 1.807) is 19.3 Å². The second kappa shape index (κ2) is 3.30. The van der Waals surface area contributed by atoms with E-state index in [4.69, 9.17) is 10.5 Å². The van der Waals surface area contributed by atoms with Crippen molar-refractivity contribution in [3.05, 3.63) is 23.6 Å². The normalized spacial score (nSPS) is 16.7. The molecule has 1 aliphatic heterocycles. The summed E-state index contributed by atoms with van der Waals surface area (Å²) >= 11 is 0. The average molecular weight is 168 g/mol. The Bertz CT molecular complexity index is 256. The van der Waals surface area contributed by atoms with Gasteiger partial charge in [-0.05, 0) is 12.2 Å². The molecule has 0 spiro atoms. The molecule has 0 saturated carbocycles. The van der Waals surface area contributed by atoms with Gasteiger partial charge in [0, 0.05) is 12.6 Å². The van der Waals surface area contributed by atoms with Crippen LogP contribution in [0.25, 0.3) is 0 Å². The minimum atomic E-state index is -0.381. The summed E-state index contributed by atoms with van der Waals surface area (Å²) in [6.45, 7) is 0.509. The van der Waals surface area contributed by atoms with E-state index in [0.29, 0.717) is 12.1 Å². The fourth-order valence-electron chi connectivity index (χ4n) is 1.07. The van der Waals surface area contributed by atoms with Gasteiger partial charge in [0.05, 0.1) is 13.7 Å². The third kappa shape index (κ3) is 1.58. The number of hydrogen-bond acceptors (Lipinski definition) is 3. The zero-order chi connectivity index (χ0) is 9.14. The molecule has 0 unspecified atom stereocenters. The number of nitrogens with zero attached hydrogens (tertiary/aromatic N) is 1. The lowest BCUT2D eigenvalue weighted by Gasteiger charge is -2.24.